The van der Waals surface area contributed by atoms with Crippen molar-refractivity contribution in [2.75, 3.05) is 55.4 Å². The average molecular weight is 1810 g/mol. The van der Waals surface area contributed by atoms with E-state index < -0.39 is 150 Å². The molecule has 126 heavy (non-hydrogen) atoms. The van der Waals surface area contributed by atoms with Gasteiger partial charge in [-0.3, -0.25) is 57.5 Å². The quantitative estimate of drug-likeness (QED) is 0.0184. The summed E-state index contributed by atoms with van der Waals surface area (Å²) in [5, 5.41) is 30.8. The maximum atomic E-state index is 14.1. The van der Waals surface area contributed by atoms with Crippen molar-refractivity contribution < 1.29 is 86.8 Å². The lowest BCUT2D eigenvalue weighted by molar-refractivity contribution is -0.160. The van der Waals surface area contributed by atoms with E-state index in [9.17, 15) is 77.3 Å². The SMILES string of the molecule is C/C=C(\C)[C@@H](OC(=O)C(C)(C)C)[C@@H](C)[C@@H](C)C/C=C(\C)C(=O)N(C)[C@H](CC(C)C)C(=O)N[C@@H](C)C(=O)N(C)[C@H](Cc1ccc(Cl)cc1)C(=O)N(C)CC(=O)NC(C(=O)O)[C@@H](C)CC.C/C=C(\C)[C@@H](OC(=O)C(C)(C)N)[C@@H](C)[C@@H](C)C/C=C(\C)C(=O)N(C)[C@H](CC(C)C)C(=O)N[C@@H](C)C(=O)N(C)[C@H](Cc1ccc(Cl)cc1)C(=O)N(C)CC(=O)NC(C(=O)O)[C@@H](C)CC. The molecule has 0 aliphatic heterocycles. The molecule has 2 rings (SSSR count). The molecule has 0 radical (unpaired) electrons. The van der Waals surface area contributed by atoms with Crippen LogP contribution in [-0.2, 0) is 89.4 Å². The molecule has 0 heterocycles. The first kappa shape index (κ1) is 115. The Morgan fingerprint density at radius 2 is 0.746 bits per heavy atom. The van der Waals surface area contributed by atoms with Crippen molar-refractivity contribution in [3.63, 3.8) is 0 Å². The molecule has 2 unspecified atom stereocenters. The number of likely N-dealkylation sites (N-methyl/N-ethyl adjacent to an activating group) is 6. The van der Waals surface area contributed by atoms with Gasteiger partial charge in [-0.1, -0.05) is 168 Å². The summed E-state index contributed by atoms with van der Waals surface area (Å²) >= 11 is 12.2. The minimum atomic E-state index is -1.19. The van der Waals surface area contributed by atoms with Crippen molar-refractivity contribution in [1.29, 1.82) is 0 Å². The third kappa shape index (κ3) is 36.7. The van der Waals surface area contributed by atoms with Crippen LogP contribution in [0, 0.1) is 52.8 Å². The van der Waals surface area contributed by atoms with Gasteiger partial charge < -0.3 is 76.1 Å². The Morgan fingerprint density at radius 3 is 1.01 bits per heavy atom. The van der Waals surface area contributed by atoms with Crippen LogP contribution in [0.5, 0.6) is 0 Å². The van der Waals surface area contributed by atoms with E-state index >= 15 is 0 Å². The van der Waals surface area contributed by atoms with Gasteiger partial charge in [0.2, 0.25) is 59.1 Å². The number of halogens is 2. The highest BCUT2D eigenvalue weighted by atomic mass is 35.5. The third-order valence-electron chi connectivity index (χ3n) is 23.5. The minimum absolute atomic E-state index is 0.00233. The van der Waals surface area contributed by atoms with E-state index in [0.717, 1.165) is 20.9 Å². The number of esters is 2. The van der Waals surface area contributed by atoms with Crippen LogP contribution in [0.25, 0.3) is 0 Å². The number of ether oxygens (including phenoxy) is 2. The first-order valence-electron chi connectivity index (χ1n) is 43.7. The lowest BCUT2D eigenvalue weighted by Gasteiger charge is -2.34. The first-order valence-corrected chi connectivity index (χ1v) is 44.4. The molecule has 0 fully saturated rings. The van der Waals surface area contributed by atoms with Gasteiger partial charge in [-0.25, -0.2) is 9.59 Å². The van der Waals surface area contributed by atoms with Gasteiger partial charge in [-0.05, 0) is 210 Å². The van der Waals surface area contributed by atoms with Gasteiger partial charge in [0.15, 0.2) is 0 Å². The van der Waals surface area contributed by atoms with Crippen LogP contribution >= 0.6 is 23.2 Å². The van der Waals surface area contributed by atoms with Crippen molar-refractivity contribution in [3.8, 4) is 0 Å². The van der Waals surface area contributed by atoms with E-state index in [-0.39, 0.29) is 78.0 Å². The first-order chi connectivity index (χ1) is 58.2. The van der Waals surface area contributed by atoms with Gasteiger partial charge in [0, 0.05) is 76.3 Å². The number of benzene rings is 2. The summed E-state index contributed by atoms with van der Waals surface area (Å²) in [4.78, 5) is 195. The number of carboxylic acid groups (broad SMARTS) is 2. The Hall–Kier alpha value is -9.48. The summed E-state index contributed by atoms with van der Waals surface area (Å²) in [5.74, 6) is -9.61. The van der Waals surface area contributed by atoms with E-state index in [4.69, 9.17) is 38.4 Å². The second-order valence-electron chi connectivity index (χ2n) is 36.7. The van der Waals surface area contributed by atoms with Gasteiger partial charge >= 0.3 is 23.9 Å². The van der Waals surface area contributed by atoms with Crippen LogP contribution in [0.1, 0.15) is 223 Å². The average Bonchev–Trinajstić information content (AvgIpc) is 0.854. The van der Waals surface area contributed by atoms with Gasteiger partial charge in [-0.2, -0.15) is 0 Å². The van der Waals surface area contributed by atoms with Crippen molar-refractivity contribution >= 4 is 106 Å². The summed E-state index contributed by atoms with van der Waals surface area (Å²) in [5.41, 5.74) is 8.21. The number of nitrogens with one attached hydrogen (secondary N) is 4. The number of amides is 10. The van der Waals surface area contributed by atoms with Gasteiger partial charge in [0.1, 0.15) is 66.1 Å². The number of aliphatic carboxylic acids is 2. The molecule has 0 bridgehead atoms. The molecule has 2 aromatic rings. The molecule has 0 aliphatic carbocycles. The van der Waals surface area contributed by atoms with Crippen LogP contribution in [0.4, 0.5) is 0 Å². The Labute approximate surface area is 760 Å². The molecule has 0 spiro atoms. The monoisotopic (exact) mass is 1800 g/mol. The Balaban J connectivity index is 0.00000126. The van der Waals surface area contributed by atoms with E-state index in [1.807, 2.05) is 142 Å². The molecule has 0 saturated carbocycles. The number of carbonyl (C=O) groups is 14. The summed E-state index contributed by atoms with van der Waals surface area (Å²) in [6, 6.07) is 4.78. The van der Waals surface area contributed by atoms with Crippen molar-refractivity contribution in [2.24, 2.45) is 58.5 Å². The fourth-order valence-electron chi connectivity index (χ4n) is 13.7. The Morgan fingerprint density at radius 1 is 0.444 bits per heavy atom. The van der Waals surface area contributed by atoms with Gasteiger partial charge in [-0.15, -0.1) is 0 Å². The largest absolute Gasteiger partial charge is 0.480 e. The molecule has 708 valence electrons. The Kier molecular flexibility index (Phi) is 48.5. The molecule has 0 saturated heterocycles. The number of carboxylic acids is 2. The molecule has 0 aliphatic rings. The number of hydrogen-bond acceptors (Lipinski definition) is 17. The standard InChI is InChI=1S/C48H76ClN5O9.C47H75ClN6O9/c1-17-29(5)40(46(60)61)51-39(55)27-52(14)45(59)38(26-35-21-23-36(49)24-22-35)54(16)44(58)34(10)50-42(56)37(25-28(3)4)53(15)43(57)32(8)20-19-31(7)33(9)41(30(6)18-2)63-47(62)48(11,12)13;1-16-28(5)39(45(60)61)51-38(55)26-52(13)44(59)37(25-34-20-22-35(48)23-21-34)54(15)43(58)33(10)50-41(56)36(24-27(3)4)53(14)42(57)31(8)19-18-30(7)32(9)40(29(6)17-2)63-46(62)47(11,12)49/h18,20-24,28-29,31,33-34,37-38,40-41H,17,19,25-27H2,1-16H3,(H,50,56)(H,51,55)(H,60,61);17,19-23,27-28,30,32-33,36-37,39-40H,16,18,24-26,49H2,1-15H3,(H,50,56)(H,51,55)(H,60,61)/b30-18+,32-20+;29-17+,31-19+/t29-,31-,33-,34-,37+,38+,40?,41+;28-,30-,32-,33-,36+,37+,39?,40+/m00/s1. The highest BCUT2D eigenvalue weighted by Gasteiger charge is 2.41. The van der Waals surface area contributed by atoms with E-state index in [2.05, 4.69) is 21.3 Å². The lowest BCUT2D eigenvalue weighted by Crippen LogP contribution is -2.57. The summed E-state index contributed by atoms with van der Waals surface area (Å²) in [6.07, 6.45) is 9.25. The topological polar surface area (TPSA) is 391 Å². The highest BCUT2D eigenvalue weighted by Crippen LogP contribution is 2.32. The number of nitrogens with two attached hydrogens (primary N) is 1. The van der Waals surface area contributed by atoms with Gasteiger partial charge in [0.05, 0.1) is 18.5 Å². The number of nitrogens with zero attached hydrogens (tertiary/aromatic N) is 6. The van der Waals surface area contributed by atoms with Crippen LogP contribution in [0.2, 0.25) is 10.0 Å². The highest BCUT2D eigenvalue weighted by molar-refractivity contribution is 6.30. The second-order valence-corrected chi connectivity index (χ2v) is 37.6. The number of carbonyl (C=O) groups excluding carboxylic acids is 12. The molecule has 8 N–H and O–H groups in total. The predicted molar refractivity (Wildman–Crippen MR) is 494 cm³/mol. The zero-order chi connectivity index (χ0) is 97.4. The summed E-state index contributed by atoms with van der Waals surface area (Å²) < 4.78 is 11.8. The summed E-state index contributed by atoms with van der Waals surface area (Å²) in [6.45, 7) is 44.5. The number of rotatable bonds is 47. The lowest BCUT2D eigenvalue weighted by atomic mass is 9.84. The van der Waals surface area contributed by atoms with Crippen molar-refractivity contribution in [3.05, 3.63) is 116 Å². The predicted octanol–water partition coefficient (Wildman–Crippen LogP) is 12.1. The Bertz CT molecular complexity index is 3870. The molecule has 29 nitrogen and oxygen atoms in total. The van der Waals surface area contributed by atoms with Crippen LogP contribution in [0.15, 0.2) is 95.1 Å². The van der Waals surface area contributed by atoms with Gasteiger partial charge in [0.25, 0.3) is 0 Å². The van der Waals surface area contributed by atoms with Crippen molar-refractivity contribution in [2.45, 2.75) is 291 Å². The van der Waals surface area contributed by atoms with E-state index in [1.54, 1.807) is 104 Å². The maximum absolute atomic E-state index is 14.1. The fraction of sp³-hybridized carbons (Fsp3) is 0.642. The molecule has 0 aromatic heterocycles. The van der Waals surface area contributed by atoms with Crippen molar-refractivity contribution in [1.82, 2.24) is 50.7 Å². The molecular formula is C95H151Cl2N11O18. The minimum Gasteiger partial charge on any atom is -0.480 e. The second kappa shape index (κ2) is 53.3. The maximum Gasteiger partial charge on any atom is 0.326 e. The van der Waals surface area contributed by atoms with E-state index in [1.165, 1.54) is 61.6 Å². The normalized spacial score (nSPS) is 16.0. The molecular weight excluding hydrogens is 1650 g/mol. The number of allylic oxidation sites excluding steroid dienone is 4. The molecule has 31 heteroatoms. The number of hydrogen-bond donors (Lipinski definition) is 7. The molecule has 2 aromatic carbocycles. The van der Waals surface area contributed by atoms with Crippen LogP contribution in [0.3, 0.4) is 0 Å². The summed E-state index contributed by atoms with van der Waals surface area (Å²) in [7, 11) is 8.76. The van der Waals surface area contributed by atoms with Crippen LogP contribution < -0.4 is 27.0 Å². The molecule has 16 atom stereocenters. The zero-order valence-electron chi connectivity index (χ0n) is 80.8. The third-order valence-corrected chi connectivity index (χ3v) is 24.0. The van der Waals surface area contributed by atoms with Crippen LogP contribution in [-0.4, -0.2) is 244 Å². The fourth-order valence-corrected chi connectivity index (χ4v) is 13.9. The van der Waals surface area contributed by atoms with E-state index in [0.29, 0.717) is 70.8 Å². The molecule has 10 amide bonds. The zero-order valence-corrected chi connectivity index (χ0v) is 82.3. The smallest absolute Gasteiger partial charge is 0.326 e.